The van der Waals surface area contributed by atoms with Crippen molar-refractivity contribution >= 4 is 17.3 Å². The number of hydrogen-bond donors (Lipinski definition) is 2. The molecule has 4 nitrogen and oxygen atoms in total. The van der Waals surface area contributed by atoms with E-state index in [1.807, 2.05) is 47.3 Å². The SMILES string of the molecule is Oc1ccc(NCc2ccn(-c3ccccc3)n2)cc1Cl. The van der Waals surface area contributed by atoms with Gasteiger partial charge in [0.25, 0.3) is 0 Å². The monoisotopic (exact) mass is 299 g/mol. The standard InChI is InChI=1S/C16H14ClN3O/c17-15-10-12(6-7-16(15)21)18-11-13-8-9-20(19-13)14-4-2-1-3-5-14/h1-10,18,21H,11H2. The molecule has 1 heterocycles. The van der Waals surface area contributed by atoms with Crippen molar-refractivity contribution in [3.05, 3.63) is 71.5 Å². The highest BCUT2D eigenvalue weighted by Crippen LogP contribution is 2.26. The number of nitrogens with zero attached hydrogens (tertiary/aromatic N) is 2. The summed E-state index contributed by atoms with van der Waals surface area (Å²) in [5.41, 5.74) is 2.78. The Morgan fingerprint density at radius 2 is 1.90 bits per heavy atom. The van der Waals surface area contributed by atoms with Crippen molar-refractivity contribution < 1.29 is 5.11 Å². The molecule has 0 atom stereocenters. The average molecular weight is 300 g/mol. The number of para-hydroxylation sites is 1. The quantitative estimate of drug-likeness (QED) is 0.720. The zero-order valence-electron chi connectivity index (χ0n) is 11.2. The third kappa shape index (κ3) is 3.17. The number of aromatic hydroxyl groups is 1. The Hall–Kier alpha value is -2.46. The van der Waals surface area contributed by atoms with Crippen LogP contribution in [0.4, 0.5) is 5.69 Å². The molecule has 0 spiro atoms. The van der Waals surface area contributed by atoms with Crippen LogP contribution in [0.5, 0.6) is 5.75 Å². The molecule has 0 aliphatic rings. The van der Waals surface area contributed by atoms with Crippen LogP contribution < -0.4 is 5.32 Å². The van der Waals surface area contributed by atoms with E-state index in [0.29, 0.717) is 11.6 Å². The Bertz CT molecular complexity index is 740. The Labute approximate surface area is 127 Å². The summed E-state index contributed by atoms with van der Waals surface area (Å²) in [6, 6.07) is 16.9. The molecule has 21 heavy (non-hydrogen) atoms. The summed E-state index contributed by atoms with van der Waals surface area (Å²) in [5, 5.41) is 17.4. The highest BCUT2D eigenvalue weighted by molar-refractivity contribution is 6.32. The Morgan fingerprint density at radius 3 is 2.67 bits per heavy atom. The third-order valence-electron chi connectivity index (χ3n) is 3.09. The van der Waals surface area contributed by atoms with Crippen LogP contribution in [-0.2, 0) is 6.54 Å². The van der Waals surface area contributed by atoms with Crippen molar-refractivity contribution in [3.63, 3.8) is 0 Å². The molecule has 3 rings (SSSR count). The predicted octanol–water partition coefficient (Wildman–Crippen LogP) is 3.84. The van der Waals surface area contributed by atoms with Crippen LogP contribution in [0.3, 0.4) is 0 Å². The van der Waals surface area contributed by atoms with E-state index in [4.69, 9.17) is 11.6 Å². The first-order valence-electron chi connectivity index (χ1n) is 6.55. The van der Waals surface area contributed by atoms with Gasteiger partial charge in [-0.2, -0.15) is 5.10 Å². The van der Waals surface area contributed by atoms with Gasteiger partial charge >= 0.3 is 0 Å². The van der Waals surface area contributed by atoms with E-state index < -0.39 is 0 Å². The highest BCUT2D eigenvalue weighted by atomic mass is 35.5. The molecule has 0 bridgehead atoms. The maximum atomic E-state index is 9.38. The normalized spacial score (nSPS) is 10.5. The van der Waals surface area contributed by atoms with Gasteiger partial charge in [0.1, 0.15) is 5.75 Å². The summed E-state index contributed by atoms with van der Waals surface area (Å²) in [5.74, 6) is 0.0792. The lowest BCUT2D eigenvalue weighted by atomic mass is 10.3. The van der Waals surface area contributed by atoms with E-state index in [1.165, 1.54) is 0 Å². The van der Waals surface area contributed by atoms with Crippen LogP contribution in [0, 0.1) is 0 Å². The number of phenols is 1. The zero-order valence-corrected chi connectivity index (χ0v) is 12.0. The minimum Gasteiger partial charge on any atom is -0.506 e. The molecule has 0 saturated carbocycles. The molecule has 0 unspecified atom stereocenters. The second-order valence-corrected chi connectivity index (χ2v) is 5.01. The molecule has 1 aromatic heterocycles. The number of benzene rings is 2. The maximum absolute atomic E-state index is 9.38. The van der Waals surface area contributed by atoms with Gasteiger partial charge in [0, 0.05) is 11.9 Å². The van der Waals surface area contributed by atoms with Crippen molar-refractivity contribution in [1.29, 1.82) is 0 Å². The molecule has 0 aliphatic heterocycles. The number of nitrogens with one attached hydrogen (secondary N) is 1. The van der Waals surface area contributed by atoms with Crippen LogP contribution >= 0.6 is 11.6 Å². The first-order chi connectivity index (χ1) is 10.2. The van der Waals surface area contributed by atoms with E-state index >= 15 is 0 Å². The summed E-state index contributed by atoms with van der Waals surface area (Å²) in [7, 11) is 0. The zero-order chi connectivity index (χ0) is 14.7. The van der Waals surface area contributed by atoms with E-state index in [-0.39, 0.29) is 5.75 Å². The molecule has 106 valence electrons. The molecule has 0 amide bonds. The van der Waals surface area contributed by atoms with Gasteiger partial charge in [0.05, 0.1) is 22.9 Å². The Morgan fingerprint density at radius 1 is 1.10 bits per heavy atom. The minimum absolute atomic E-state index is 0.0792. The summed E-state index contributed by atoms with van der Waals surface area (Å²) in [6.07, 6.45) is 1.93. The topological polar surface area (TPSA) is 50.1 Å². The average Bonchev–Trinajstić information content (AvgIpc) is 2.98. The molecule has 0 radical (unpaired) electrons. The molecule has 0 aliphatic carbocycles. The van der Waals surface area contributed by atoms with Crippen LogP contribution in [0.15, 0.2) is 60.8 Å². The van der Waals surface area contributed by atoms with E-state index in [1.54, 1.807) is 18.2 Å². The molecule has 3 aromatic rings. The van der Waals surface area contributed by atoms with E-state index in [0.717, 1.165) is 17.1 Å². The van der Waals surface area contributed by atoms with Crippen molar-refractivity contribution in [2.45, 2.75) is 6.54 Å². The summed E-state index contributed by atoms with van der Waals surface area (Å²) in [4.78, 5) is 0. The lowest BCUT2D eigenvalue weighted by Gasteiger charge is -2.06. The lowest BCUT2D eigenvalue weighted by Crippen LogP contribution is -2.02. The van der Waals surface area contributed by atoms with Gasteiger partial charge in [-0.3, -0.25) is 0 Å². The highest BCUT2D eigenvalue weighted by Gasteiger charge is 2.03. The van der Waals surface area contributed by atoms with E-state index in [2.05, 4.69) is 10.4 Å². The first-order valence-corrected chi connectivity index (χ1v) is 6.92. The number of rotatable bonds is 4. The van der Waals surface area contributed by atoms with Gasteiger partial charge < -0.3 is 10.4 Å². The minimum atomic E-state index is 0.0792. The van der Waals surface area contributed by atoms with Gasteiger partial charge in [-0.25, -0.2) is 4.68 Å². The fourth-order valence-electron chi connectivity index (χ4n) is 1.99. The van der Waals surface area contributed by atoms with Gasteiger partial charge in [-0.05, 0) is 36.4 Å². The van der Waals surface area contributed by atoms with E-state index in [9.17, 15) is 5.11 Å². The molecule has 0 saturated heterocycles. The number of halogens is 1. The van der Waals surface area contributed by atoms with Crippen LogP contribution in [0.25, 0.3) is 5.69 Å². The number of anilines is 1. The van der Waals surface area contributed by atoms with Crippen molar-refractivity contribution in [3.8, 4) is 11.4 Å². The Kier molecular flexibility index (Phi) is 3.79. The number of hydrogen-bond acceptors (Lipinski definition) is 3. The smallest absolute Gasteiger partial charge is 0.134 e. The molecule has 2 aromatic carbocycles. The molecule has 5 heteroatoms. The maximum Gasteiger partial charge on any atom is 0.134 e. The molecular formula is C16H14ClN3O. The fourth-order valence-corrected chi connectivity index (χ4v) is 2.17. The Balaban J connectivity index is 1.69. The predicted molar refractivity (Wildman–Crippen MR) is 84.0 cm³/mol. The van der Waals surface area contributed by atoms with Gasteiger partial charge in [-0.15, -0.1) is 0 Å². The third-order valence-corrected chi connectivity index (χ3v) is 3.39. The van der Waals surface area contributed by atoms with Crippen molar-refractivity contribution in [1.82, 2.24) is 9.78 Å². The fraction of sp³-hybridized carbons (Fsp3) is 0.0625. The molecule has 2 N–H and O–H groups in total. The lowest BCUT2D eigenvalue weighted by molar-refractivity contribution is 0.475. The largest absolute Gasteiger partial charge is 0.506 e. The summed E-state index contributed by atoms with van der Waals surface area (Å²) < 4.78 is 1.83. The van der Waals surface area contributed by atoms with Crippen molar-refractivity contribution in [2.75, 3.05) is 5.32 Å². The number of phenolic OH excluding ortho intramolecular Hbond substituents is 1. The van der Waals surface area contributed by atoms with Crippen LogP contribution in [-0.4, -0.2) is 14.9 Å². The van der Waals surface area contributed by atoms with Crippen LogP contribution in [0.2, 0.25) is 5.02 Å². The molecular weight excluding hydrogens is 286 g/mol. The first kappa shape index (κ1) is 13.5. The van der Waals surface area contributed by atoms with Crippen LogP contribution in [0.1, 0.15) is 5.69 Å². The van der Waals surface area contributed by atoms with Crippen molar-refractivity contribution in [2.24, 2.45) is 0 Å². The second kappa shape index (κ2) is 5.89. The summed E-state index contributed by atoms with van der Waals surface area (Å²) in [6.45, 7) is 0.584. The van der Waals surface area contributed by atoms with Gasteiger partial charge in [0.15, 0.2) is 0 Å². The van der Waals surface area contributed by atoms with Gasteiger partial charge in [0.2, 0.25) is 0 Å². The second-order valence-electron chi connectivity index (χ2n) is 4.61. The number of aromatic nitrogens is 2. The molecule has 0 fully saturated rings. The summed E-state index contributed by atoms with van der Waals surface area (Å²) >= 11 is 5.87. The van der Waals surface area contributed by atoms with Gasteiger partial charge in [-0.1, -0.05) is 29.8 Å².